The molecule has 0 saturated carbocycles. The molecule has 1 amide bonds. The molecule has 0 radical (unpaired) electrons. The highest BCUT2D eigenvalue weighted by molar-refractivity contribution is 7.72. The van der Waals surface area contributed by atoms with Crippen LogP contribution in [0.15, 0.2) is 42.7 Å². The maximum atomic E-state index is 14.7. The van der Waals surface area contributed by atoms with E-state index in [1.165, 1.54) is 31.2 Å². The van der Waals surface area contributed by atoms with Crippen LogP contribution in [0.3, 0.4) is 0 Å². The van der Waals surface area contributed by atoms with Crippen LogP contribution in [0.5, 0.6) is 0 Å². The van der Waals surface area contributed by atoms with E-state index in [9.17, 15) is 17.6 Å². The topological polar surface area (TPSA) is 144 Å². The van der Waals surface area contributed by atoms with Crippen molar-refractivity contribution in [2.75, 3.05) is 24.3 Å². The summed E-state index contributed by atoms with van der Waals surface area (Å²) >= 11 is 0. The Bertz CT molecular complexity index is 919. The monoisotopic (exact) mass is 440 g/mol. The smallest absolute Gasteiger partial charge is 0.293 e. The second-order valence-electron chi connectivity index (χ2n) is 6.96. The van der Waals surface area contributed by atoms with Crippen LogP contribution in [0.25, 0.3) is 0 Å². The third-order valence-corrected chi connectivity index (χ3v) is 5.52. The van der Waals surface area contributed by atoms with Crippen molar-refractivity contribution in [1.29, 1.82) is 5.41 Å². The summed E-state index contributed by atoms with van der Waals surface area (Å²) in [7, 11) is -2.91. The first-order valence-corrected chi connectivity index (χ1v) is 10.4. The summed E-state index contributed by atoms with van der Waals surface area (Å²) in [6.07, 6.45) is 3.17. The highest BCUT2D eigenvalue weighted by atomic mass is 32.2. The molecule has 0 aromatic heterocycles. The maximum absolute atomic E-state index is 14.7. The quantitative estimate of drug-likeness (QED) is 0.0737. The Morgan fingerprint density at radius 1 is 1.53 bits per heavy atom. The van der Waals surface area contributed by atoms with Gasteiger partial charge in [0.15, 0.2) is 0 Å². The number of carbonyl (C=O) groups is 1. The number of thiol groups is 1. The third-order valence-electron chi connectivity index (χ3n) is 4.63. The number of nitrogens with one attached hydrogen (secondary N) is 3. The van der Waals surface area contributed by atoms with Crippen LogP contribution < -0.4 is 16.5 Å². The molecule has 164 valence electrons. The van der Waals surface area contributed by atoms with Gasteiger partial charge in [-0.05, 0) is 37.6 Å². The maximum Gasteiger partial charge on any atom is 0.293 e. The minimum atomic E-state index is -2.91. The zero-order valence-corrected chi connectivity index (χ0v) is 17.3. The predicted molar refractivity (Wildman–Crippen MR) is 111 cm³/mol. The summed E-state index contributed by atoms with van der Waals surface area (Å²) in [6, 6.07) is 3.72. The van der Waals surface area contributed by atoms with E-state index in [1.807, 2.05) is 0 Å². The van der Waals surface area contributed by atoms with Gasteiger partial charge in [-0.3, -0.25) is 10.2 Å². The lowest BCUT2D eigenvalue weighted by atomic mass is 9.91. The van der Waals surface area contributed by atoms with Gasteiger partial charge in [0, 0.05) is 23.8 Å². The van der Waals surface area contributed by atoms with Crippen LogP contribution in [-0.2, 0) is 30.6 Å². The first-order valence-electron chi connectivity index (χ1n) is 9.07. The van der Waals surface area contributed by atoms with Gasteiger partial charge in [-0.2, -0.15) is 5.90 Å². The summed E-state index contributed by atoms with van der Waals surface area (Å²) in [5, 5.41) is 13.6. The van der Waals surface area contributed by atoms with Crippen LogP contribution >= 0.6 is 0 Å². The Labute approximate surface area is 175 Å². The highest BCUT2D eigenvalue weighted by Crippen LogP contribution is 2.28. The fourth-order valence-electron chi connectivity index (χ4n) is 3.11. The van der Waals surface area contributed by atoms with Gasteiger partial charge in [0.2, 0.25) is 5.76 Å². The molecule has 1 aromatic carbocycles. The van der Waals surface area contributed by atoms with Crippen LogP contribution in [0.4, 0.5) is 10.1 Å². The molecular formula is C19H25FN4O5S. The van der Waals surface area contributed by atoms with Crippen molar-refractivity contribution in [2.45, 2.75) is 18.9 Å². The molecule has 30 heavy (non-hydrogen) atoms. The number of anilines is 1. The number of rotatable bonds is 9. The van der Waals surface area contributed by atoms with Gasteiger partial charge in [0.25, 0.3) is 5.91 Å². The first kappa shape index (κ1) is 23.5. The summed E-state index contributed by atoms with van der Waals surface area (Å²) in [6.45, 7) is 5.77. The van der Waals surface area contributed by atoms with Crippen molar-refractivity contribution in [2.24, 2.45) is 11.8 Å². The van der Waals surface area contributed by atoms with E-state index in [4.69, 9.17) is 16.0 Å². The lowest BCUT2D eigenvalue weighted by Crippen LogP contribution is -2.49. The first-order chi connectivity index (χ1) is 14.2. The molecule has 5 N–H and O–H groups in total. The van der Waals surface area contributed by atoms with E-state index in [0.717, 1.165) is 6.07 Å². The number of amidine groups is 1. The van der Waals surface area contributed by atoms with Gasteiger partial charge < -0.3 is 20.2 Å². The van der Waals surface area contributed by atoms with Crippen LogP contribution in [0.2, 0.25) is 0 Å². The van der Waals surface area contributed by atoms with Crippen molar-refractivity contribution in [3.63, 3.8) is 0 Å². The Hall–Kier alpha value is -2.76. The molecule has 0 spiro atoms. The van der Waals surface area contributed by atoms with Crippen molar-refractivity contribution in [3.05, 3.63) is 54.1 Å². The van der Waals surface area contributed by atoms with Crippen molar-refractivity contribution < 1.29 is 27.2 Å². The van der Waals surface area contributed by atoms with Gasteiger partial charge in [-0.25, -0.2) is 12.8 Å². The molecule has 1 aliphatic heterocycles. The molecule has 0 bridgehead atoms. The molecule has 1 aliphatic rings. The molecule has 1 heterocycles. The Balaban J connectivity index is 2.36. The van der Waals surface area contributed by atoms with E-state index >= 15 is 0 Å². The average Bonchev–Trinajstić information content (AvgIpc) is 3.21. The normalized spacial score (nSPS) is 18.5. The molecule has 9 nitrogen and oxygen atoms in total. The zero-order valence-electron chi connectivity index (χ0n) is 16.4. The van der Waals surface area contributed by atoms with Crippen LogP contribution in [0, 0.1) is 17.1 Å². The van der Waals surface area contributed by atoms with Gasteiger partial charge in [0.05, 0.1) is 23.7 Å². The standard InChI is InChI=1S/C19H25FN4O5S/c1-3-4-16(29-22)18(25)23-13-5-6-15(20)14(9-13)19(2,11-30(26)27)24-17(21)12-7-8-28-10-12/h3-6,9,12,30H,1,7-8,10-11,22H2,2H3,(H2,21,24)(H,23,25)/b16-4-/t12-,19+/m1/s1. The predicted octanol–water partition coefficient (Wildman–Crippen LogP) is 1.15. The molecule has 1 fully saturated rings. The number of benzene rings is 1. The second-order valence-corrected chi connectivity index (χ2v) is 7.94. The number of ether oxygens (including phenoxy) is 1. The number of amides is 1. The Morgan fingerprint density at radius 2 is 2.27 bits per heavy atom. The average molecular weight is 440 g/mol. The van der Waals surface area contributed by atoms with Crippen LogP contribution in [0.1, 0.15) is 18.9 Å². The Kier molecular flexibility index (Phi) is 8.09. The number of allylic oxidation sites excluding steroid dienone is 2. The van der Waals surface area contributed by atoms with Gasteiger partial charge in [-0.1, -0.05) is 12.7 Å². The van der Waals surface area contributed by atoms with Crippen LogP contribution in [-0.4, -0.2) is 39.1 Å². The van der Waals surface area contributed by atoms with E-state index in [0.29, 0.717) is 19.6 Å². The van der Waals surface area contributed by atoms with Gasteiger partial charge in [0.1, 0.15) is 16.5 Å². The molecule has 2 atom stereocenters. The number of nitrogens with two attached hydrogens (primary N) is 1. The van der Waals surface area contributed by atoms with Gasteiger partial charge in [-0.15, -0.1) is 0 Å². The number of hydrogen-bond donors (Lipinski definition) is 5. The number of carbonyl (C=O) groups excluding carboxylic acids is 1. The van der Waals surface area contributed by atoms with E-state index < -0.39 is 33.7 Å². The molecule has 11 heteroatoms. The minimum absolute atomic E-state index is 0.0221. The molecule has 0 aliphatic carbocycles. The summed E-state index contributed by atoms with van der Waals surface area (Å²) in [4.78, 5) is 16.7. The summed E-state index contributed by atoms with van der Waals surface area (Å²) in [5.74, 6) is 2.83. The van der Waals surface area contributed by atoms with E-state index in [2.05, 4.69) is 22.1 Å². The lowest BCUT2D eigenvalue weighted by molar-refractivity contribution is -0.116. The van der Waals surface area contributed by atoms with Crippen molar-refractivity contribution in [3.8, 4) is 0 Å². The summed E-state index contributed by atoms with van der Waals surface area (Å²) < 4.78 is 43.0. The fourth-order valence-corrected chi connectivity index (χ4v) is 3.87. The zero-order chi connectivity index (χ0) is 22.3. The van der Waals surface area contributed by atoms with Crippen molar-refractivity contribution >= 4 is 28.1 Å². The molecule has 1 aromatic rings. The molecule has 0 unspecified atom stereocenters. The van der Waals surface area contributed by atoms with Gasteiger partial charge >= 0.3 is 0 Å². The van der Waals surface area contributed by atoms with Crippen molar-refractivity contribution in [1.82, 2.24) is 5.32 Å². The number of hydrogen-bond acceptors (Lipinski definition) is 7. The number of halogens is 1. The Morgan fingerprint density at radius 3 is 2.83 bits per heavy atom. The largest absolute Gasteiger partial charge is 0.406 e. The van der Waals surface area contributed by atoms with E-state index in [-0.39, 0.29) is 28.8 Å². The molecule has 1 saturated heterocycles. The summed E-state index contributed by atoms with van der Waals surface area (Å²) in [5.41, 5.74) is -1.27. The molecule has 2 rings (SSSR count). The fraction of sp³-hybridized carbons (Fsp3) is 0.368. The SMILES string of the molecule is C=C/C=C(\ON)C(=O)Nc1ccc(F)c([C@](C)(C[SH](=O)=O)NC(=N)[C@@H]2CCOC2)c1. The lowest BCUT2D eigenvalue weighted by Gasteiger charge is -2.32. The van der Waals surface area contributed by atoms with E-state index in [1.54, 1.807) is 0 Å². The third kappa shape index (κ3) is 5.88. The second kappa shape index (κ2) is 10.3. The molecular weight excluding hydrogens is 415 g/mol. The highest BCUT2D eigenvalue weighted by Gasteiger charge is 2.34. The minimum Gasteiger partial charge on any atom is -0.406 e.